The molecule has 0 spiro atoms. The van der Waals surface area contributed by atoms with Crippen molar-refractivity contribution in [1.82, 2.24) is 14.8 Å². The van der Waals surface area contributed by atoms with Crippen molar-refractivity contribution in [2.24, 2.45) is 10.7 Å². The first-order valence-corrected chi connectivity index (χ1v) is 8.89. The molecular formula is C18H20N6O4. The standard InChI is InChI=1S/C18H20N6O4/c19-18(21-17-4-2-14(10-20-17)24(25)26)23-7-5-22(6-8-23)11-13-1-3-15-16(9-13)28-12-27-15/h1-4,9-10H,5-8,11-12H2,(H2,19,20,21). The number of fused-ring (bicyclic) bond motifs is 1. The van der Waals surface area contributed by atoms with Crippen LogP contribution in [0.1, 0.15) is 5.56 Å². The maximum atomic E-state index is 10.7. The summed E-state index contributed by atoms with van der Waals surface area (Å²) < 4.78 is 10.8. The Morgan fingerprint density at radius 1 is 1.18 bits per heavy atom. The first-order valence-electron chi connectivity index (χ1n) is 8.89. The molecular weight excluding hydrogens is 364 g/mol. The lowest BCUT2D eigenvalue weighted by molar-refractivity contribution is -0.385. The second-order valence-corrected chi connectivity index (χ2v) is 6.55. The maximum Gasteiger partial charge on any atom is 0.287 e. The van der Waals surface area contributed by atoms with Crippen molar-refractivity contribution >= 4 is 17.5 Å². The zero-order valence-corrected chi connectivity index (χ0v) is 15.2. The molecule has 0 radical (unpaired) electrons. The molecule has 28 heavy (non-hydrogen) atoms. The molecule has 0 saturated carbocycles. The lowest BCUT2D eigenvalue weighted by Gasteiger charge is -2.35. The number of nitrogens with two attached hydrogens (primary N) is 1. The minimum Gasteiger partial charge on any atom is -0.454 e. The number of pyridine rings is 1. The van der Waals surface area contributed by atoms with Crippen LogP contribution >= 0.6 is 0 Å². The van der Waals surface area contributed by atoms with E-state index in [4.69, 9.17) is 15.2 Å². The van der Waals surface area contributed by atoms with Crippen LogP contribution in [0.4, 0.5) is 11.5 Å². The van der Waals surface area contributed by atoms with Crippen LogP contribution in [0.15, 0.2) is 41.5 Å². The summed E-state index contributed by atoms with van der Waals surface area (Å²) >= 11 is 0. The van der Waals surface area contributed by atoms with Crippen LogP contribution in [-0.4, -0.2) is 58.6 Å². The molecule has 2 aliphatic rings. The van der Waals surface area contributed by atoms with Gasteiger partial charge in [-0.2, -0.15) is 4.99 Å². The molecule has 2 aliphatic heterocycles. The van der Waals surface area contributed by atoms with Gasteiger partial charge in [-0.3, -0.25) is 15.0 Å². The summed E-state index contributed by atoms with van der Waals surface area (Å²) in [5.41, 5.74) is 7.19. The van der Waals surface area contributed by atoms with Crippen molar-refractivity contribution in [2.45, 2.75) is 6.54 Å². The molecule has 0 bridgehead atoms. The van der Waals surface area contributed by atoms with E-state index in [0.29, 0.717) is 11.8 Å². The number of nitro groups is 1. The Morgan fingerprint density at radius 2 is 1.96 bits per heavy atom. The van der Waals surface area contributed by atoms with Gasteiger partial charge in [0.15, 0.2) is 23.3 Å². The van der Waals surface area contributed by atoms with Gasteiger partial charge in [-0.25, -0.2) is 4.98 Å². The third-order valence-electron chi connectivity index (χ3n) is 4.71. The number of hydrogen-bond acceptors (Lipinski definition) is 7. The number of piperazine rings is 1. The molecule has 1 aromatic heterocycles. The van der Waals surface area contributed by atoms with Crippen LogP contribution in [-0.2, 0) is 6.54 Å². The highest BCUT2D eigenvalue weighted by Gasteiger charge is 2.20. The van der Waals surface area contributed by atoms with Gasteiger partial charge in [0.1, 0.15) is 6.20 Å². The van der Waals surface area contributed by atoms with Crippen LogP contribution in [0.3, 0.4) is 0 Å². The number of nitrogens with zero attached hydrogens (tertiary/aromatic N) is 5. The number of rotatable bonds is 4. The van der Waals surface area contributed by atoms with Crippen molar-refractivity contribution < 1.29 is 14.4 Å². The van der Waals surface area contributed by atoms with E-state index in [-0.39, 0.29) is 12.5 Å². The van der Waals surface area contributed by atoms with Gasteiger partial charge >= 0.3 is 0 Å². The Kier molecular flexibility index (Phi) is 4.94. The average molecular weight is 384 g/mol. The summed E-state index contributed by atoms with van der Waals surface area (Å²) in [6.07, 6.45) is 1.18. The fraction of sp³-hybridized carbons (Fsp3) is 0.333. The predicted molar refractivity (Wildman–Crippen MR) is 102 cm³/mol. The van der Waals surface area contributed by atoms with Crippen LogP contribution in [0.2, 0.25) is 0 Å². The van der Waals surface area contributed by atoms with Crippen molar-refractivity contribution in [1.29, 1.82) is 0 Å². The Hall–Kier alpha value is -3.40. The van der Waals surface area contributed by atoms with Gasteiger partial charge in [0, 0.05) is 38.8 Å². The molecule has 1 saturated heterocycles. The summed E-state index contributed by atoms with van der Waals surface area (Å²) in [5.74, 6) is 2.30. The van der Waals surface area contributed by atoms with Crippen molar-refractivity contribution in [2.75, 3.05) is 33.0 Å². The maximum absolute atomic E-state index is 10.7. The van der Waals surface area contributed by atoms with Gasteiger partial charge in [0.05, 0.1) is 4.92 Å². The molecule has 0 aliphatic carbocycles. The molecule has 0 unspecified atom stereocenters. The summed E-state index contributed by atoms with van der Waals surface area (Å²) in [6.45, 7) is 4.28. The van der Waals surface area contributed by atoms with Gasteiger partial charge in [0.2, 0.25) is 6.79 Å². The number of benzene rings is 1. The van der Waals surface area contributed by atoms with E-state index in [2.05, 4.69) is 20.9 Å². The highest BCUT2D eigenvalue weighted by Crippen LogP contribution is 2.32. The molecule has 10 nitrogen and oxygen atoms in total. The topological polar surface area (TPSA) is 119 Å². The first-order chi connectivity index (χ1) is 13.6. The van der Waals surface area contributed by atoms with Gasteiger partial charge in [-0.1, -0.05) is 6.07 Å². The first kappa shape index (κ1) is 18.0. The minimum absolute atomic E-state index is 0.0744. The zero-order chi connectivity index (χ0) is 19.5. The molecule has 0 atom stereocenters. The second-order valence-electron chi connectivity index (χ2n) is 6.55. The number of ether oxygens (including phenoxy) is 2. The number of aliphatic imine (C=N–C) groups is 1. The fourth-order valence-corrected chi connectivity index (χ4v) is 3.17. The zero-order valence-electron chi connectivity index (χ0n) is 15.2. The Bertz CT molecular complexity index is 893. The van der Waals surface area contributed by atoms with E-state index in [1.165, 1.54) is 23.9 Å². The normalized spacial score (nSPS) is 17.0. The SMILES string of the molecule is NC(=Nc1ccc([N+](=O)[O-])cn1)N1CCN(Cc2ccc3c(c2)OCO3)CC1. The summed E-state index contributed by atoms with van der Waals surface area (Å²) in [4.78, 5) is 22.7. The molecule has 4 rings (SSSR count). The van der Waals surface area contributed by atoms with Crippen molar-refractivity contribution in [3.8, 4) is 11.5 Å². The molecule has 10 heteroatoms. The van der Waals surface area contributed by atoms with Crippen LogP contribution in [0, 0.1) is 10.1 Å². The van der Waals surface area contributed by atoms with Crippen LogP contribution < -0.4 is 15.2 Å². The third kappa shape index (κ3) is 3.96. The quantitative estimate of drug-likeness (QED) is 0.364. The molecule has 1 fully saturated rings. The highest BCUT2D eigenvalue weighted by molar-refractivity contribution is 5.80. The lowest BCUT2D eigenvalue weighted by Crippen LogP contribution is -2.50. The molecule has 3 heterocycles. The summed E-state index contributed by atoms with van der Waals surface area (Å²) in [5, 5.41) is 10.7. The van der Waals surface area contributed by atoms with Crippen molar-refractivity contribution in [3.63, 3.8) is 0 Å². The van der Waals surface area contributed by atoms with Gasteiger partial charge in [-0.15, -0.1) is 0 Å². The Morgan fingerprint density at radius 3 is 2.68 bits per heavy atom. The number of hydrogen-bond donors (Lipinski definition) is 1. The smallest absolute Gasteiger partial charge is 0.287 e. The van der Waals surface area contributed by atoms with E-state index >= 15 is 0 Å². The van der Waals surface area contributed by atoms with Crippen molar-refractivity contribution in [3.05, 3.63) is 52.2 Å². The molecule has 146 valence electrons. The van der Waals surface area contributed by atoms with Gasteiger partial charge in [0.25, 0.3) is 5.69 Å². The van der Waals surface area contributed by atoms with E-state index in [9.17, 15) is 10.1 Å². The molecule has 1 aromatic carbocycles. The lowest BCUT2D eigenvalue weighted by atomic mass is 10.1. The van der Waals surface area contributed by atoms with E-state index < -0.39 is 4.92 Å². The van der Waals surface area contributed by atoms with E-state index in [1.807, 2.05) is 17.0 Å². The summed E-state index contributed by atoms with van der Waals surface area (Å²) in [7, 11) is 0. The van der Waals surface area contributed by atoms with Crippen LogP contribution in [0.5, 0.6) is 11.5 Å². The second kappa shape index (κ2) is 7.69. The van der Waals surface area contributed by atoms with E-state index in [0.717, 1.165) is 44.2 Å². The van der Waals surface area contributed by atoms with Crippen LogP contribution in [0.25, 0.3) is 0 Å². The monoisotopic (exact) mass is 384 g/mol. The third-order valence-corrected chi connectivity index (χ3v) is 4.71. The number of guanidine groups is 1. The molecule has 0 amide bonds. The predicted octanol–water partition coefficient (Wildman–Crippen LogP) is 1.48. The Labute approximate surface area is 161 Å². The van der Waals surface area contributed by atoms with Gasteiger partial charge in [-0.05, 0) is 23.8 Å². The average Bonchev–Trinajstić information content (AvgIpc) is 3.17. The molecule has 2 aromatic rings. The molecule has 2 N–H and O–H groups in total. The minimum atomic E-state index is -0.497. The van der Waals surface area contributed by atoms with Gasteiger partial charge < -0.3 is 20.1 Å². The fourth-order valence-electron chi connectivity index (χ4n) is 3.17. The Balaban J connectivity index is 1.32. The summed E-state index contributed by atoms with van der Waals surface area (Å²) in [6, 6.07) is 8.86. The van der Waals surface area contributed by atoms with E-state index in [1.54, 1.807) is 0 Å². The number of aromatic nitrogens is 1. The highest BCUT2D eigenvalue weighted by atomic mass is 16.7. The largest absolute Gasteiger partial charge is 0.454 e.